The largest absolute Gasteiger partial charge is 0.316 e. The zero-order valence-corrected chi connectivity index (χ0v) is 12.9. The number of rotatable bonds is 5. The van der Waals surface area contributed by atoms with Gasteiger partial charge in [-0.05, 0) is 36.4 Å². The predicted molar refractivity (Wildman–Crippen MR) is 91.7 cm³/mol. The fraction of sp³-hybridized carbons (Fsp3) is 0. The second-order valence-electron chi connectivity index (χ2n) is 4.99. The van der Waals surface area contributed by atoms with Crippen molar-refractivity contribution in [1.82, 2.24) is 15.0 Å². The van der Waals surface area contributed by atoms with E-state index in [9.17, 15) is 14.9 Å². The minimum absolute atomic E-state index is 0.0220. The normalized spacial score (nSPS) is 10.7. The summed E-state index contributed by atoms with van der Waals surface area (Å²) in [6.45, 7) is 0. The smallest absolute Gasteiger partial charge is 0.289 e. The van der Waals surface area contributed by atoms with Crippen molar-refractivity contribution in [3.63, 3.8) is 0 Å². The molecule has 2 aromatic heterocycles. The highest BCUT2D eigenvalue weighted by Crippen LogP contribution is 2.16. The van der Waals surface area contributed by atoms with Crippen LogP contribution in [-0.2, 0) is 0 Å². The number of non-ortho nitro benzene ring substituents is 1. The standard InChI is InChI=1S/C17H13N5O3/c23-17(16-5-1-2-10-18-16)20-19-12-15-4-3-11-21(15)13-6-8-14(9-7-13)22(24)25/h1-12H,(H,20,23)/b19-12-. The Balaban J connectivity index is 1.73. The summed E-state index contributed by atoms with van der Waals surface area (Å²) in [4.78, 5) is 26.1. The number of hydrogen-bond donors (Lipinski definition) is 1. The number of pyridine rings is 1. The van der Waals surface area contributed by atoms with Gasteiger partial charge in [-0.3, -0.25) is 19.9 Å². The molecule has 0 aliphatic heterocycles. The van der Waals surface area contributed by atoms with Crippen LogP contribution >= 0.6 is 0 Å². The number of nitrogens with one attached hydrogen (secondary N) is 1. The minimum atomic E-state index is -0.449. The van der Waals surface area contributed by atoms with Crippen LogP contribution in [0.2, 0.25) is 0 Å². The summed E-state index contributed by atoms with van der Waals surface area (Å²) in [6, 6.07) is 14.8. The van der Waals surface area contributed by atoms with E-state index in [1.807, 2.05) is 6.07 Å². The van der Waals surface area contributed by atoms with Crippen LogP contribution in [-0.4, -0.2) is 26.6 Å². The van der Waals surface area contributed by atoms with Crippen molar-refractivity contribution in [1.29, 1.82) is 0 Å². The summed E-state index contributed by atoms with van der Waals surface area (Å²) < 4.78 is 1.79. The maximum absolute atomic E-state index is 11.9. The van der Waals surface area contributed by atoms with E-state index in [0.717, 1.165) is 5.69 Å². The molecule has 124 valence electrons. The molecule has 1 N–H and O–H groups in total. The van der Waals surface area contributed by atoms with Gasteiger partial charge in [0.1, 0.15) is 5.69 Å². The lowest BCUT2D eigenvalue weighted by Gasteiger charge is -2.05. The van der Waals surface area contributed by atoms with Crippen molar-refractivity contribution >= 4 is 17.8 Å². The molecule has 0 aliphatic rings. The summed E-state index contributed by atoms with van der Waals surface area (Å²) in [5.74, 6) is -0.412. The van der Waals surface area contributed by atoms with Gasteiger partial charge in [-0.2, -0.15) is 5.10 Å². The summed E-state index contributed by atoms with van der Waals surface area (Å²) in [6.07, 6.45) is 4.81. The minimum Gasteiger partial charge on any atom is -0.316 e. The summed E-state index contributed by atoms with van der Waals surface area (Å²) in [5.41, 5.74) is 4.14. The summed E-state index contributed by atoms with van der Waals surface area (Å²) in [5, 5.41) is 14.6. The fourth-order valence-electron chi connectivity index (χ4n) is 2.18. The average Bonchev–Trinajstić information content (AvgIpc) is 3.11. The molecule has 8 heteroatoms. The van der Waals surface area contributed by atoms with Gasteiger partial charge in [0.05, 0.1) is 16.8 Å². The third kappa shape index (κ3) is 3.75. The monoisotopic (exact) mass is 335 g/mol. The molecule has 2 heterocycles. The highest BCUT2D eigenvalue weighted by molar-refractivity contribution is 5.92. The molecule has 0 fully saturated rings. The quantitative estimate of drug-likeness (QED) is 0.439. The van der Waals surface area contributed by atoms with Crippen molar-refractivity contribution in [2.24, 2.45) is 5.10 Å². The van der Waals surface area contributed by atoms with Gasteiger partial charge in [-0.25, -0.2) is 5.43 Å². The Morgan fingerprint density at radius 1 is 1.16 bits per heavy atom. The van der Waals surface area contributed by atoms with E-state index in [1.165, 1.54) is 24.5 Å². The van der Waals surface area contributed by atoms with Crippen LogP contribution in [0.5, 0.6) is 0 Å². The number of amides is 1. The molecule has 1 amide bonds. The van der Waals surface area contributed by atoms with Gasteiger partial charge in [0.25, 0.3) is 11.6 Å². The Hall–Kier alpha value is -3.81. The highest BCUT2D eigenvalue weighted by atomic mass is 16.6. The molecule has 0 saturated carbocycles. The van der Waals surface area contributed by atoms with Crippen LogP contribution in [0.3, 0.4) is 0 Å². The molecule has 0 unspecified atom stereocenters. The lowest BCUT2D eigenvalue weighted by Crippen LogP contribution is -2.18. The van der Waals surface area contributed by atoms with Crippen LogP contribution < -0.4 is 5.43 Å². The number of carbonyl (C=O) groups is 1. The van der Waals surface area contributed by atoms with Gasteiger partial charge >= 0.3 is 0 Å². The number of nitrogens with zero attached hydrogens (tertiary/aromatic N) is 4. The van der Waals surface area contributed by atoms with Gasteiger partial charge in [0.15, 0.2) is 0 Å². The summed E-state index contributed by atoms with van der Waals surface area (Å²) in [7, 11) is 0. The number of benzene rings is 1. The number of hydrazone groups is 1. The third-order valence-corrected chi connectivity index (χ3v) is 3.38. The maximum atomic E-state index is 11.9. The molecular weight excluding hydrogens is 322 g/mol. The molecule has 0 aliphatic carbocycles. The number of carbonyl (C=O) groups excluding carboxylic acids is 1. The average molecular weight is 335 g/mol. The molecule has 3 aromatic rings. The van der Waals surface area contributed by atoms with E-state index in [0.29, 0.717) is 5.69 Å². The first-order valence-corrected chi connectivity index (χ1v) is 7.32. The highest BCUT2D eigenvalue weighted by Gasteiger charge is 2.07. The molecule has 0 spiro atoms. The topological polar surface area (TPSA) is 102 Å². The van der Waals surface area contributed by atoms with E-state index in [4.69, 9.17) is 0 Å². The van der Waals surface area contributed by atoms with Gasteiger partial charge < -0.3 is 4.57 Å². The Kier molecular flexibility index (Phi) is 4.61. The van der Waals surface area contributed by atoms with Crippen molar-refractivity contribution in [2.75, 3.05) is 0 Å². The lowest BCUT2D eigenvalue weighted by molar-refractivity contribution is -0.384. The van der Waals surface area contributed by atoms with Crippen LogP contribution in [0.15, 0.2) is 72.1 Å². The fourth-order valence-corrected chi connectivity index (χ4v) is 2.18. The molecule has 0 radical (unpaired) electrons. The first-order chi connectivity index (χ1) is 12.1. The zero-order chi connectivity index (χ0) is 17.6. The molecule has 0 saturated heterocycles. The second-order valence-corrected chi connectivity index (χ2v) is 4.99. The molecule has 25 heavy (non-hydrogen) atoms. The molecule has 8 nitrogen and oxygen atoms in total. The number of nitro groups is 1. The number of nitro benzene ring substituents is 1. The second kappa shape index (κ2) is 7.18. The van der Waals surface area contributed by atoms with Gasteiger partial charge in [0, 0.05) is 30.2 Å². The Morgan fingerprint density at radius 3 is 2.64 bits per heavy atom. The molecule has 0 bridgehead atoms. The van der Waals surface area contributed by atoms with Gasteiger partial charge in [-0.15, -0.1) is 0 Å². The summed E-state index contributed by atoms with van der Waals surface area (Å²) >= 11 is 0. The zero-order valence-electron chi connectivity index (χ0n) is 12.9. The van der Waals surface area contributed by atoms with Crippen molar-refractivity contribution in [3.05, 3.63) is 88.5 Å². The van der Waals surface area contributed by atoms with Crippen LogP contribution in [0.1, 0.15) is 16.2 Å². The van der Waals surface area contributed by atoms with E-state index in [2.05, 4.69) is 15.5 Å². The van der Waals surface area contributed by atoms with E-state index in [-0.39, 0.29) is 11.4 Å². The van der Waals surface area contributed by atoms with E-state index in [1.54, 1.807) is 47.2 Å². The van der Waals surface area contributed by atoms with E-state index >= 15 is 0 Å². The van der Waals surface area contributed by atoms with Gasteiger partial charge in [-0.1, -0.05) is 6.07 Å². The number of hydrogen-bond acceptors (Lipinski definition) is 5. The van der Waals surface area contributed by atoms with Crippen molar-refractivity contribution in [3.8, 4) is 5.69 Å². The molecule has 1 aromatic carbocycles. The Morgan fingerprint density at radius 2 is 1.96 bits per heavy atom. The molecule has 0 atom stereocenters. The molecule has 3 rings (SSSR count). The van der Waals surface area contributed by atoms with Crippen molar-refractivity contribution in [2.45, 2.75) is 0 Å². The lowest BCUT2D eigenvalue weighted by atomic mass is 10.3. The predicted octanol–water partition coefficient (Wildman–Crippen LogP) is 2.54. The van der Waals surface area contributed by atoms with Gasteiger partial charge in [0.2, 0.25) is 0 Å². The SMILES string of the molecule is O=C(N/N=C\c1cccn1-c1ccc([N+](=O)[O-])cc1)c1ccccn1. The maximum Gasteiger partial charge on any atom is 0.289 e. The molecular formula is C17H13N5O3. The Labute approximate surface area is 142 Å². The first-order valence-electron chi connectivity index (χ1n) is 7.32. The van der Waals surface area contributed by atoms with Crippen molar-refractivity contribution < 1.29 is 9.72 Å². The van der Waals surface area contributed by atoms with E-state index < -0.39 is 10.8 Å². The van der Waals surface area contributed by atoms with Crippen LogP contribution in [0.25, 0.3) is 5.69 Å². The van der Waals surface area contributed by atoms with Crippen LogP contribution in [0, 0.1) is 10.1 Å². The number of aromatic nitrogens is 2. The first kappa shape index (κ1) is 16.1. The Bertz CT molecular complexity index is 917. The third-order valence-electron chi connectivity index (χ3n) is 3.38. The van der Waals surface area contributed by atoms with Crippen LogP contribution in [0.4, 0.5) is 5.69 Å².